The predicted octanol–water partition coefficient (Wildman–Crippen LogP) is 1.99. The molecule has 0 aliphatic heterocycles. The van der Waals surface area contributed by atoms with Crippen molar-refractivity contribution in [2.24, 2.45) is 0 Å². The lowest BCUT2D eigenvalue weighted by atomic mass is 10.2. The molecule has 0 aromatic heterocycles. The Morgan fingerprint density at radius 3 is 1.17 bits per heavy atom. The first-order chi connectivity index (χ1) is 2.64. The molecule has 0 unspecified atom stereocenters. The molecule has 0 aromatic carbocycles. The second kappa shape index (κ2) is 2.01. The third-order valence-corrected chi connectivity index (χ3v) is 0.729. The van der Waals surface area contributed by atoms with Gasteiger partial charge in [0.15, 0.2) is 0 Å². The fourth-order valence-electron chi connectivity index (χ4n) is 0. The van der Waals surface area contributed by atoms with Crippen molar-refractivity contribution >= 4 is 0 Å². The third-order valence-electron chi connectivity index (χ3n) is 0.729. The quantitative estimate of drug-likeness (QED) is 0.419. The molecule has 6 heavy (non-hydrogen) atoms. The molecular formula is C6H10. The summed E-state index contributed by atoms with van der Waals surface area (Å²) in [4.78, 5) is 0. The first-order valence-corrected chi connectivity index (χ1v) is 1.96. The fraction of sp³-hybridized carbons (Fsp3) is 0.333. The van der Waals surface area contributed by atoms with Crippen molar-refractivity contribution in [2.45, 2.75) is 13.8 Å². The van der Waals surface area contributed by atoms with Crippen molar-refractivity contribution in [3.05, 3.63) is 25.0 Å². The van der Waals surface area contributed by atoms with Gasteiger partial charge in [-0.15, -0.1) is 0 Å². The van der Waals surface area contributed by atoms with Crippen molar-refractivity contribution < 1.29 is 0 Å². The van der Waals surface area contributed by atoms with Crippen LogP contribution in [0.2, 0.25) is 0 Å². The Kier molecular flexibility index (Phi) is 1.93. The third kappa shape index (κ3) is 2.01. The van der Waals surface area contributed by atoms with Crippen LogP contribution in [0, 0.1) is 13.8 Å². The molecule has 0 rings (SSSR count). The molecule has 0 fully saturated rings. The van der Waals surface area contributed by atoms with Crippen LogP contribution in [0.4, 0.5) is 0 Å². The van der Waals surface area contributed by atoms with Crippen molar-refractivity contribution in [3.63, 3.8) is 0 Å². The van der Waals surface area contributed by atoms with Gasteiger partial charge in [0.2, 0.25) is 0 Å². The average molecular weight is 82.1 g/mol. The molecule has 0 heterocycles. The van der Waals surface area contributed by atoms with E-state index in [1.807, 2.05) is 13.8 Å². The van der Waals surface area contributed by atoms with E-state index < -0.39 is 0 Å². The van der Waals surface area contributed by atoms with Gasteiger partial charge in [0, 0.05) is 0 Å². The second-order valence-corrected chi connectivity index (χ2v) is 1.56. The Morgan fingerprint density at radius 2 is 1.17 bits per heavy atom. The Morgan fingerprint density at radius 1 is 1.00 bits per heavy atom. The Bertz CT molecular complexity index is 50.1. The molecule has 0 bridgehead atoms. The van der Waals surface area contributed by atoms with E-state index in [4.69, 9.17) is 0 Å². The molecule has 0 spiro atoms. The highest BCUT2D eigenvalue weighted by Crippen LogP contribution is 1.95. The molecule has 0 aromatic rings. The monoisotopic (exact) mass is 82.1 g/mol. The maximum absolute atomic E-state index is 3.66. The number of hydrogen-bond acceptors (Lipinski definition) is 0. The van der Waals surface area contributed by atoms with Crippen molar-refractivity contribution in [1.29, 1.82) is 0 Å². The zero-order valence-electron chi connectivity index (χ0n) is 4.41. The highest BCUT2D eigenvalue weighted by Gasteiger charge is 1.75. The lowest BCUT2D eigenvalue weighted by Crippen LogP contribution is -1.67. The number of rotatable bonds is 0. The van der Waals surface area contributed by atoms with Gasteiger partial charge in [0.25, 0.3) is 0 Å². The second-order valence-electron chi connectivity index (χ2n) is 1.56. The molecule has 0 amide bonds. The van der Waals surface area contributed by atoms with Crippen LogP contribution in [0.25, 0.3) is 0 Å². The maximum Gasteiger partial charge on any atom is -0.0283 e. The van der Waals surface area contributed by atoms with Crippen LogP contribution in [0.5, 0.6) is 0 Å². The summed E-state index contributed by atoms with van der Waals surface area (Å²) in [6, 6.07) is 0. The van der Waals surface area contributed by atoms with E-state index >= 15 is 0 Å². The minimum absolute atomic E-state index is 1.06. The summed E-state index contributed by atoms with van der Waals surface area (Å²) in [7, 11) is 0. The number of allylic oxidation sites excluding steroid dienone is 2. The summed E-state index contributed by atoms with van der Waals surface area (Å²) in [6.07, 6.45) is 0. The molecule has 0 heteroatoms. The van der Waals surface area contributed by atoms with E-state index in [-0.39, 0.29) is 0 Å². The maximum atomic E-state index is 3.66. The van der Waals surface area contributed by atoms with Gasteiger partial charge in [-0.1, -0.05) is 11.1 Å². The summed E-state index contributed by atoms with van der Waals surface area (Å²) >= 11 is 0. The van der Waals surface area contributed by atoms with Gasteiger partial charge < -0.3 is 0 Å². The standard InChI is InChI=1S/C6H10/c1-5(2)6(3)4/h1,3H2,2,4H3/b6-5+. The highest BCUT2D eigenvalue weighted by molar-refractivity contribution is 5.13. The molecule has 0 nitrogen and oxygen atoms in total. The van der Waals surface area contributed by atoms with Crippen LogP contribution in [-0.4, -0.2) is 0 Å². The highest BCUT2D eigenvalue weighted by atomic mass is 13.8. The van der Waals surface area contributed by atoms with E-state index in [2.05, 4.69) is 13.8 Å². The largest absolute Gasteiger partial charge is 0.0741 e. The minimum Gasteiger partial charge on any atom is -0.0741 e. The summed E-state index contributed by atoms with van der Waals surface area (Å²) in [5, 5.41) is 0. The molecule has 0 N–H and O–H groups in total. The topological polar surface area (TPSA) is 0 Å². The van der Waals surface area contributed by atoms with E-state index in [1.54, 1.807) is 0 Å². The lowest BCUT2D eigenvalue weighted by Gasteiger charge is -1.87. The molecule has 0 saturated heterocycles. The van der Waals surface area contributed by atoms with Gasteiger partial charge >= 0.3 is 0 Å². The van der Waals surface area contributed by atoms with Gasteiger partial charge in [0.1, 0.15) is 0 Å². The van der Waals surface area contributed by atoms with E-state index in [0.717, 1.165) is 11.1 Å². The SMILES string of the molecule is [CH2]/C(C)=C(/[CH2])C. The van der Waals surface area contributed by atoms with Gasteiger partial charge in [-0.2, -0.15) is 0 Å². The van der Waals surface area contributed by atoms with Crippen molar-refractivity contribution in [3.8, 4) is 0 Å². The molecule has 0 aliphatic carbocycles. The minimum atomic E-state index is 1.06. The molecular weight excluding hydrogens is 72.1 g/mol. The molecule has 0 saturated carbocycles. The zero-order valence-corrected chi connectivity index (χ0v) is 4.41. The van der Waals surface area contributed by atoms with E-state index in [1.165, 1.54) is 0 Å². The lowest BCUT2D eigenvalue weighted by molar-refractivity contribution is 1.38. The van der Waals surface area contributed by atoms with E-state index in [0.29, 0.717) is 0 Å². The summed E-state index contributed by atoms with van der Waals surface area (Å²) in [5.41, 5.74) is 2.13. The predicted molar refractivity (Wildman–Crippen MR) is 29.1 cm³/mol. The summed E-state index contributed by atoms with van der Waals surface area (Å²) in [6.45, 7) is 11.2. The van der Waals surface area contributed by atoms with Crippen LogP contribution >= 0.6 is 0 Å². The van der Waals surface area contributed by atoms with Crippen LogP contribution in [0.15, 0.2) is 11.1 Å². The average Bonchev–Trinajstić information content (AvgIpc) is 1.36. The van der Waals surface area contributed by atoms with Gasteiger partial charge in [-0.3, -0.25) is 0 Å². The van der Waals surface area contributed by atoms with E-state index in [9.17, 15) is 0 Å². The van der Waals surface area contributed by atoms with Gasteiger partial charge in [-0.25, -0.2) is 0 Å². The summed E-state index contributed by atoms with van der Waals surface area (Å²) in [5.74, 6) is 0. The van der Waals surface area contributed by atoms with Gasteiger partial charge in [-0.05, 0) is 27.7 Å². The fourth-order valence-corrected chi connectivity index (χ4v) is 0. The molecule has 34 valence electrons. The van der Waals surface area contributed by atoms with Crippen LogP contribution in [0.1, 0.15) is 13.8 Å². The first kappa shape index (κ1) is 5.74. The molecule has 0 atom stereocenters. The van der Waals surface area contributed by atoms with Crippen LogP contribution < -0.4 is 0 Å². The van der Waals surface area contributed by atoms with Crippen LogP contribution in [-0.2, 0) is 0 Å². The van der Waals surface area contributed by atoms with Gasteiger partial charge in [0.05, 0.1) is 0 Å². The molecule has 2 radical (unpaired) electrons. The smallest absolute Gasteiger partial charge is 0.0283 e. The van der Waals surface area contributed by atoms with Crippen LogP contribution in [0.3, 0.4) is 0 Å². The van der Waals surface area contributed by atoms with Crippen molar-refractivity contribution in [1.82, 2.24) is 0 Å². The first-order valence-electron chi connectivity index (χ1n) is 1.96. The Hall–Kier alpha value is -0.260. The molecule has 0 aliphatic rings. The Balaban J connectivity index is 3.68. The normalized spacial score (nSPS) is 14.0. The summed E-state index contributed by atoms with van der Waals surface area (Å²) < 4.78 is 0. The number of hydrogen-bond donors (Lipinski definition) is 0. The van der Waals surface area contributed by atoms with Crippen molar-refractivity contribution in [2.75, 3.05) is 0 Å². The zero-order chi connectivity index (χ0) is 5.15. The Labute approximate surface area is 39.9 Å².